The van der Waals surface area contributed by atoms with Gasteiger partial charge >= 0.3 is 0 Å². The van der Waals surface area contributed by atoms with E-state index in [2.05, 4.69) is 14.9 Å². The number of amides is 1. The monoisotopic (exact) mass is 321 g/mol. The van der Waals surface area contributed by atoms with E-state index >= 15 is 0 Å². The molecule has 2 aromatic heterocycles. The number of aryl methyl sites for hydroxylation is 1. The van der Waals surface area contributed by atoms with Crippen molar-refractivity contribution in [2.24, 2.45) is 7.05 Å². The Morgan fingerprint density at radius 1 is 1.00 bits per heavy atom. The summed E-state index contributed by atoms with van der Waals surface area (Å²) in [6.45, 7) is 2.86. The largest absolute Gasteiger partial charge is 0.350 e. The van der Waals surface area contributed by atoms with Crippen molar-refractivity contribution in [2.75, 3.05) is 31.1 Å². The summed E-state index contributed by atoms with van der Waals surface area (Å²) < 4.78 is 2.01. The number of benzene rings is 1. The van der Waals surface area contributed by atoms with Gasteiger partial charge in [-0.2, -0.15) is 0 Å². The quantitative estimate of drug-likeness (QED) is 0.724. The van der Waals surface area contributed by atoms with E-state index in [9.17, 15) is 4.79 Å². The molecule has 6 heteroatoms. The molecule has 122 valence electrons. The van der Waals surface area contributed by atoms with Gasteiger partial charge in [0, 0.05) is 62.7 Å². The van der Waals surface area contributed by atoms with Crippen LogP contribution in [0.4, 0.5) is 5.95 Å². The van der Waals surface area contributed by atoms with Crippen molar-refractivity contribution in [2.45, 2.75) is 0 Å². The molecule has 0 aliphatic carbocycles. The number of para-hydroxylation sites is 1. The molecule has 0 unspecified atom stereocenters. The van der Waals surface area contributed by atoms with Crippen LogP contribution in [0.1, 0.15) is 10.4 Å². The summed E-state index contributed by atoms with van der Waals surface area (Å²) in [7, 11) is 1.98. The van der Waals surface area contributed by atoms with Crippen LogP contribution < -0.4 is 4.90 Å². The molecule has 3 heterocycles. The molecule has 6 nitrogen and oxygen atoms in total. The van der Waals surface area contributed by atoms with Crippen molar-refractivity contribution in [1.82, 2.24) is 19.4 Å². The first-order valence-electron chi connectivity index (χ1n) is 8.09. The molecule has 0 atom stereocenters. The number of piperazine rings is 1. The fourth-order valence-electron chi connectivity index (χ4n) is 3.25. The Hall–Kier alpha value is -2.89. The van der Waals surface area contributed by atoms with Crippen LogP contribution >= 0.6 is 0 Å². The molecule has 1 saturated heterocycles. The van der Waals surface area contributed by atoms with Crippen molar-refractivity contribution >= 4 is 22.8 Å². The first-order valence-corrected chi connectivity index (χ1v) is 8.09. The Labute approximate surface area is 140 Å². The highest BCUT2D eigenvalue weighted by Crippen LogP contribution is 2.22. The van der Waals surface area contributed by atoms with E-state index in [0.29, 0.717) is 13.1 Å². The third kappa shape index (κ3) is 2.50. The SMILES string of the molecule is Cn1cc(C(=O)N2CCN(c3ncccn3)CC2)c2ccccc21. The zero-order valence-corrected chi connectivity index (χ0v) is 13.6. The lowest BCUT2D eigenvalue weighted by molar-refractivity contribution is 0.0748. The molecular weight excluding hydrogens is 302 g/mol. The molecule has 24 heavy (non-hydrogen) atoms. The highest BCUT2D eigenvalue weighted by atomic mass is 16.2. The molecule has 1 aromatic carbocycles. The number of aromatic nitrogens is 3. The van der Waals surface area contributed by atoms with E-state index < -0.39 is 0 Å². The molecule has 0 N–H and O–H groups in total. The fraction of sp³-hybridized carbons (Fsp3) is 0.278. The summed E-state index contributed by atoms with van der Waals surface area (Å²) in [5.74, 6) is 0.829. The number of carbonyl (C=O) groups is 1. The highest BCUT2D eigenvalue weighted by Gasteiger charge is 2.25. The van der Waals surface area contributed by atoms with E-state index in [-0.39, 0.29) is 5.91 Å². The Morgan fingerprint density at radius 2 is 1.71 bits per heavy atom. The van der Waals surface area contributed by atoms with Crippen LogP contribution in [0.3, 0.4) is 0 Å². The molecule has 0 radical (unpaired) electrons. The molecule has 3 aromatic rings. The predicted molar refractivity (Wildman–Crippen MR) is 93.1 cm³/mol. The third-order valence-electron chi connectivity index (χ3n) is 4.53. The van der Waals surface area contributed by atoms with Crippen LogP contribution in [0.25, 0.3) is 10.9 Å². The predicted octanol–water partition coefficient (Wildman–Crippen LogP) is 1.93. The van der Waals surface area contributed by atoms with E-state index in [1.54, 1.807) is 12.4 Å². The molecule has 0 spiro atoms. The van der Waals surface area contributed by atoms with Crippen LogP contribution in [-0.2, 0) is 7.05 Å². The second kappa shape index (κ2) is 5.96. The molecule has 0 saturated carbocycles. The first kappa shape index (κ1) is 14.7. The van der Waals surface area contributed by atoms with Crippen molar-refractivity contribution in [3.05, 3.63) is 54.5 Å². The number of carbonyl (C=O) groups excluding carboxylic acids is 1. The van der Waals surface area contributed by atoms with Gasteiger partial charge < -0.3 is 14.4 Å². The van der Waals surface area contributed by atoms with E-state index in [1.165, 1.54) is 0 Å². The van der Waals surface area contributed by atoms with Crippen molar-refractivity contribution in [3.8, 4) is 0 Å². The lowest BCUT2D eigenvalue weighted by Crippen LogP contribution is -2.49. The first-order chi connectivity index (χ1) is 11.7. The Balaban J connectivity index is 1.52. The number of anilines is 1. The zero-order valence-electron chi connectivity index (χ0n) is 13.6. The molecule has 4 rings (SSSR count). The van der Waals surface area contributed by atoms with Crippen molar-refractivity contribution in [3.63, 3.8) is 0 Å². The Bertz CT molecular complexity index is 866. The maximum atomic E-state index is 12.9. The maximum Gasteiger partial charge on any atom is 0.256 e. The summed E-state index contributed by atoms with van der Waals surface area (Å²) in [4.78, 5) is 25.5. The van der Waals surface area contributed by atoms with Gasteiger partial charge in [-0.1, -0.05) is 18.2 Å². The van der Waals surface area contributed by atoms with Gasteiger partial charge in [0.1, 0.15) is 0 Å². The summed E-state index contributed by atoms with van der Waals surface area (Å²) in [5.41, 5.74) is 1.86. The molecular formula is C18H19N5O. The number of fused-ring (bicyclic) bond motifs is 1. The second-order valence-electron chi connectivity index (χ2n) is 6.00. The van der Waals surface area contributed by atoms with Crippen LogP contribution in [0.15, 0.2) is 48.9 Å². The molecule has 1 amide bonds. The Kier molecular flexibility index (Phi) is 3.65. The normalized spacial score (nSPS) is 15.0. The van der Waals surface area contributed by atoms with Crippen molar-refractivity contribution in [1.29, 1.82) is 0 Å². The van der Waals surface area contributed by atoms with Gasteiger partial charge in [0.25, 0.3) is 5.91 Å². The molecule has 1 aliphatic rings. The standard InChI is InChI=1S/C18H19N5O/c1-21-13-15(14-5-2-3-6-16(14)21)17(24)22-9-11-23(12-10-22)18-19-7-4-8-20-18/h2-8,13H,9-12H2,1H3. The summed E-state index contributed by atoms with van der Waals surface area (Å²) in [5, 5.41) is 1.01. The minimum absolute atomic E-state index is 0.0976. The van der Waals surface area contributed by atoms with Crippen LogP contribution in [0.2, 0.25) is 0 Å². The van der Waals surface area contributed by atoms with Gasteiger partial charge in [0.2, 0.25) is 5.95 Å². The molecule has 1 fully saturated rings. The van der Waals surface area contributed by atoms with Gasteiger partial charge in [-0.3, -0.25) is 4.79 Å². The summed E-state index contributed by atoms with van der Waals surface area (Å²) in [6.07, 6.45) is 5.42. The summed E-state index contributed by atoms with van der Waals surface area (Å²) in [6, 6.07) is 9.83. The van der Waals surface area contributed by atoms with Gasteiger partial charge in [-0.25, -0.2) is 9.97 Å². The minimum atomic E-state index is 0.0976. The third-order valence-corrected chi connectivity index (χ3v) is 4.53. The van der Waals surface area contributed by atoms with Crippen molar-refractivity contribution < 1.29 is 4.79 Å². The maximum absolute atomic E-state index is 12.9. The lowest BCUT2D eigenvalue weighted by atomic mass is 10.1. The average molecular weight is 321 g/mol. The number of hydrogen-bond acceptors (Lipinski definition) is 4. The topological polar surface area (TPSA) is 54.3 Å². The van der Waals surface area contributed by atoms with Gasteiger partial charge in [-0.05, 0) is 12.1 Å². The average Bonchev–Trinajstić information content (AvgIpc) is 2.99. The number of nitrogens with zero attached hydrogens (tertiary/aromatic N) is 5. The number of hydrogen-bond donors (Lipinski definition) is 0. The number of rotatable bonds is 2. The lowest BCUT2D eigenvalue weighted by Gasteiger charge is -2.34. The van der Waals surface area contributed by atoms with E-state index in [0.717, 1.165) is 35.5 Å². The van der Waals surface area contributed by atoms with Gasteiger partial charge in [0.15, 0.2) is 0 Å². The molecule has 0 bridgehead atoms. The zero-order chi connectivity index (χ0) is 16.5. The van der Waals surface area contributed by atoms with Crippen LogP contribution in [-0.4, -0.2) is 51.5 Å². The van der Waals surface area contributed by atoms with Crippen LogP contribution in [0.5, 0.6) is 0 Å². The second-order valence-corrected chi connectivity index (χ2v) is 6.00. The van der Waals surface area contributed by atoms with Gasteiger partial charge in [0.05, 0.1) is 5.56 Å². The van der Waals surface area contributed by atoms with Gasteiger partial charge in [-0.15, -0.1) is 0 Å². The summed E-state index contributed by atoms with van der Waals surface area (Å²) >= 11 is 0. The van der Waals surface area contributed by atoms with E-state index in [4.69, 9.17) is 0 Å². The van der Waals surface area contributed by atoms with Crippen LogP contribution in [0, 0.1) is 0 Å². The minimum Gasteiger partial charge on any atom is -0.350 e. The van der Waals surface area contributed by atoms with E-state index in [1.807, 2.05) is 53.0 Å². The highest BCUT2D eigenvalue weighted by molar-refractivity contribution is 6.07. The smallest absolute Gasteiger partial charge is 0.256 e. The Morgan fingerprint density at radius 3 is 2.46 bits per heavy atom. The fourth-order valence-corrected chi connectivity index (χ4v) is 3.25. The molecule has 1 aliphatic heterocycles.